The zero-order chi connectivity index (χ0) is 23.6. The molecule has 0 spiro atoms. The van der Waals surface area contributed by atoms with E-state index >= 15 is 0 Å². The van der Waals surface area contributed by atoms with Gasteiger partial charge in [0, 0.05) is 41.8 Å². The van der Waals surface area contributed by atoms with E-state index in [1.807, 2.05) is 24.3 Å². The van der Waals surface area contributed by atoms with E-state index in [4.69, 9.17) is 27.9 Å². The molecule has 1 aromatic heterocycles. The van der Waals surface area contributed by atoms with Gasteiger partial charge in [-0.25, -0.2) is 17.8 Å². The third-order valence-corrected chi connectivity index (χ3v) is 8.17. The van der Waals surface area contributed by atoms with Crippen molar-refractivity contribution in [3.8, 4) is 5.75 Å². The van der Waals surface area contributed by atoms with Gasteiger partial charge in [-0.1, -0.05) is 35.3 Å². The molecule has 0 unspecified atom stereocenters. The summed E-state index contributed by atoms with van der Waals surface area (Å²) in [5.74, 6) is -0.812. The largest absolute Gasteiger partial charge is 0.489 e. The van der Waals surface area contributed by atoms with E-state index in [9.17, 15) is 12.8 Å². The van der Waals surface area contributed by atoms with Crippen LogP contribution in [0, 0.1) is 5.82 Å². The zero-order valence-corrected chi connectivity index (χ0v) is 20.8. The first-order valence-electron chi connectivity index (χ1n) is 10.3. The highest BCUT2D eigenvalue weighted by Gasteiger charge is 2.28. The Labute approximate surface area is 206 Å². The van der Waals surface area contributed by atoms with Gasteiger partial charge in [0.05, 0.1) is 5.02 Å². The molecule has 0 aliphatic carbocycles. The maximum atomic E-state index is 14.7. The van der Waals surface area contributed by atoms with Crippen LogP contribution in [0.3, 0.4) is 0 Å². The highest BCUT2D eigenvalue weighted by Crippen LogP contribution is 2.33. The molecule has 3 aromatic rings. The minimum absolute atomic E-state index is 0.0323. The van der Waals surface area contributed by atoms with Gasteiger partial charge in [-0.05, 0) is 43.5 Å². The van der Waals surface area contributed by atoms with Gasteiger partial charge in [0.2, 0.25) is 0 Å². The highest BCUT2D eigenvalue weighted by molar-refractivity contribution is 7.93. The van der Waals surface area contributed by atoms with Crippen molar-refractivity contribution in [2.45, 2.75) is 43.4 Å². The smallest absolute Gasteiger partial charge is 0.266 e. The molecule has 1 N–H and O–H groups in total. The predicted octanol–water partition coefficient (Wildman–Crippen LogP) is 5.82. The lowest BCUT2D eigenvalue weighted by molar-refractivity contribution is 0.0584. The Balaban J connectivity index is 1.42. The SMILES string of the molecule is C[C@H]1C[C@H](Oc2cc(F)c(S(=O)(=O)Nc3nccs3)cc2Cl)CCN1Cc1cccc(Cl)c1. The Morgan fingerprint density at radius 2 is 2.12 bits per heavy atom. The number of sulfonamides is 1. The van der Waals surface area contributed by atoms with Gasteiger partial charge in [0.15, 0.2) is 5.13 Å². The first-order valence-corrected chi connectivity index (χ1v) is 13.4. The van der Waals surface area contributed by atoms with Crippen LogP contribution in [0.25, 0.3) is 0 Å². The van der Waals surface area contributed by atoms with Crippen LogP contribution < -0.4 is 9.46 Å². The van der Waals surface area contributed by atoms with Crippen molar-refractivity contribution in [2.75, 3.05) is 11.3 Å². The standard InChI is InChI=1S/C22H22Cl2FN3O3S2/c1-14-9-17(5-7-28(14)13-15-3-2-4-16(23)10-15)31-20-12-19(25)21(11-18(20)24)33(29,30)27-22-26-6-8-32-22/h2-4,6,8,10-12,14,17H,5,7,9,13H2,1H3,(H,26,27)/t14-,17+/m0/s1. The molecule has 0 amide bonds. The summed E-state index contributed by atoms with van der Waals surface area (Å²) in [4.78, 5) is 5.64. The molecule has 1 fully saturated rings. The average molecular weight is 530 g/mol. The lowest BCUT2D eigenvalue weighted by Crippen LogP contribution is -2.43. The van der Waals surface area contributed by atoms with Gasteiger partial charge < -0.3 is 4.74 Å². The lowest BCUT2D eigenvalue weighted by Gasteiger charge is -2.37. The summed E-state index contributed by atoms with van der Waals surface area (Å²) in [6.45, 7) is 3.69. The second-order valence-electron chi connectivity index (χ2n) is 7.87. The summed E-state index contributed by atoms with van der Waals surface area (Å²) < 4.78 is 48.0. The summed E-state index contributed by atoms with van der Waals surface area (Å²) in [5, 5.41) is 2.50. The van der Waals surface area contributed by atoms with Crippen molar-refractivity contribution < 1.29 is 17.5 Å². The molecule has 33 heavy (non-hydrogen) atoms. The number of nitrogens with zero attached hydrogens (tertiary/aromatic N) is 2. The molecule has 1 aliphatic rings. The Kier molecular flexibility index (Phi) is 7.45. The third-order valence-electron chi connectivity index (χ3n) is 5.46. The lowest BCUT2D eigenvalue weighted by atomic mass is 9.99. The van der Waals surface area contributed by atoms with Crippen LogP contribution in [0.1, 0.15) is 25.3 Å². The first-order chi connectivity index (χ1) is 15.7. The summed E-state index contributed by atoms with van der Waals surface area (Å²) in [6.07, 6.45) is 2.74. The van der Waals surface area contributed by atoms with Crippen molar-refractivity contribution >= 4 is 49.7 Å². The van der Waals surface area contributed by atoms with E-state index < -0.39 is 20.7 Å². The average Bonchev–Trinajstić information content (AvgIpc) is 3.25. The molecule has 1 aliphatic heterocycles. The monoisotopic (exact) mass is 529 g/mol. The Morgan fingerprint density at radius 1 is 1.30 bits per heavy atom. The fourth-order valence-corrected chi connectivity index (χ4v) is 6.18. The maximum absolute atomic E-state index is 14.7. The summed E-state index contributed by atoms with van der Waals surface area (Å²) in [5.41, 5.74) is 1.14. The number of halogens is 3. The second kappa shape index (κ2) is 10.1. The molecule has 176 valence electrons. The molecular formula is C22H22Cl2FN3O3S2. The Morgan fingerprint density at radius 3 is 2.82 bits per heavy atom. The molecule has 2 heterocycles. The number of anilines is 1. The number of rotatable bonds is 7. The van der Waals surface area contributed by atoms with Crippen molar-refractivity contribution in [1.82, 2.24) is 9.88 Å². The van der Waals surface area contributed by atoms with Crippen LogP contribution >= 0.6 is 34.5 Å². The maximum Gasteiger partial charge on any atom is 0.266 e. The van der Waals surface area contributed by atoms with Crippen molar-refractivity contribution in [3.05, 3.63) is 69.4 Å². The van der Waals surface area contributed by atoms with Crippen LogP contribution in [0.2, 0.25) is 10.0 Å². The minimum Gasteiger partial charge on any atom is -0.489 e. The van der Waals surface area contributed by atoms with Gasteiger partial charge >= 0.3 is 0 Å². The molecular weight excluding hydrogens is 508 g/mol. The number of ether oxygens (including phenoxy) is 1. The van der Waals surface area contributed by atoms with Crippen LogP contribution in [0.5, 0.6) is 5.75 Å². The molecule has 0 radical (unpaired) electrons. The second-order valence-corrected chi connectivity index (χ2v) is 11.3. The number of benzene rings is 2. The number of aromatic nitrogens is 1. The fourth-order valence-electron chi connectivity index (χ4n) is 3.82. The number of hydrogen-bond donors (Lipinski definition) is 1. The topological polar surface area (TPSA) is 71.5 Å². The Bertz CT molecular complexity index is 1230. The first kappa shape index (κ1) is 24.2. The van der Waals surface area contributed by atoms with Gasteiger partial charge in [0.25, 0.3) is 10.0 Å². The van der Waals surface area contributed by atoms with Crippen LogP contribution in [-0.4, -0.2) is 37.0 Å². The minimum atomic E-state index is -4.17. The highest BCUT2D eigenvalue weighted by atomic mass is 35.5. The van der Waals surface area contributed by atoms with E-state index in [2.05, 4.69) is 21.5 Å². The summed E-state index contributed by atoms with van der Waals surface area (Å²) >= 11 is 13.5. The molecule has 1 saturated heterocycles. The normalized spacial score (nSPS) is 19.4. The van der Waals surface area contributed by atoms with E-state index in [0.29, 0.717) is 5.02 Å². The molecule has 0 saturated carbocycles. The Hall–Kier alpha value is -1.91. The van der Waals surface area contributed by atoms with E-state index in [1.54, 1.807) is 5.38 Å². The van der Waals surface area contributed by atoms with Crippen molar-refractivity contribution in [2.24, 2.45) is 0 Å². The van der Waals surface area contributed by atoms with Gasteiger partial charge in [-0.3, -0.25) is 9.62 Å². The number of nitrogens with one attached hydrogen (secondary N) is 1. The fraction of sp³-hybridized carbons (Fsp3) is 0.318. The zero-order valence-electron chi connectivity index (χ0n) is 17.7. The number of thiazole rings is 1. The predicted molar refractivity (Wildman–Crippen MR) is 129 cm³/mol. The molecule has 2 atom stereocenters. The third kappa shape index (κ3) is 5.96. The van der Waals surface area contributed by atoms with Gasteiger partial charge in [-0.2, -0.15) is 0 Å². The number of likely N-dealkylation sites (tertiary alicyclic amines) is 1. The molecule has 2 aromatic carbocycles. The summed E-state index contributed by atoms with van der Waals surface area (Å²) in [6, 6.07) is 10.1. The molecule has 11 heteroatoms. The van der Waals surface area contributed by atoms with E-state index in [-0.39, 0.29) is 28.0 Å². The molecule has 6 nitrogen and oxygen atoms in total. The van der Waals surface area contributed by atoms with Crippen LogP contribution in [0.15, 0.2) is 52.9 Å². The van der Waals surface area contributed by atoms with Gasteiger partial charge in [0.1, 0.15) is 22.6 Å². The summed E-state index contributed by atoms with van der Waals surface area (Å²) in [7, 11) is -4.17. The number of hydrogen-bond acceptors (Lipinski definition) is 6. The van der Waals surface area contributed by atoms with E-state index in [1.165, 1.54) is 6.20 Å². The quantitative estimate of drug-likeness (QED) is 0.417. The van der Waals surface area contributed by atoms with Crippen molar-refractivity contribution in [3.63, 3.8) is 0 Å². The van der Waals surface area contributed by atoms with Crippen molar-refractivity contribution in [1.29, 1.82) is 0 Å². The van der Waals surface area contributed by atoms with Crippen LogP contribution in [0.4, 0.5) is 9.52 Å². The van der Waals surface area contributed by atoms with E-state index in [0.717, 1.165) is 55.0 Å². The number of piperidine rings is 1. The molecule has 4 rings (SSSR count). The molecule has 0 bridgehead atoms. The van der Waals surface area contributed by atoms with Gasteiger partial charge in [-0.15, -0.1) is 11.3 Å². The van der Waals surface area contributed by atoms with Crippen LogP contribution in [-0.2, 0) is 16.6 Å².